The molecule has 0 spiro atoms. The van der Waals surface area contributed by atoms with Gasteiger partial charge in [-0.05, 0) is 25.9 Å². The molecule has 0 saturated carbocycles. The van der Waals surface area contributed by atoms with Crippen molar-refractivity contribution in [3.63, 3.8) is 0 Å². The lowest BCUT2D eigenvalue weighted by Crippen LogP contribution is -2.44. The summed E-state index contributed by atoms with van der Waals surface area (Å²) in [6.45, 7) is 2.84. The zero-order valence-corrected chi connectivity index (χ0v) is 13.2. The van der Waals surface area contributed by atoms with Gasteiger partial charge < -0.3 is 20.3 Å². The van der Waals surface area contributed by atoms with Crippen LogP contribution in [0.5, 0.6) is 0 Å². The molecule has 0 unspecified atom stereocenters. The van der Waals surface area contributed by atoms with Crippen molar-refractivity contribution in [1.82, 2.24) is 20.8 Å². The molecule has 2 aliphatic rings. The molecule has 3 heterocycles. The van der Waals surface area contributed by atoms with Crippen molar-refractivity contribution >= 4 is 11.8 Å². The van der Waals surface area contributed by atoms with E-state index in [0.717, 1.165) is 25.9 Å². The number of amides is 1. The number of alkyl carbamates (subject to hydrolysis) is 1. The number of hydrogen-bond acceptors (Lipinski definition) is 7. The molecule has 0 radical (unpaired) electrons. The molecule has 2 aliphatic heterocycles. The fourth-order valence-corrected chi connectivity index (χ4v) is 3.10. The Labute approximate surface area is 139 Å². The Morgan fingerprint density at radius 1 is 1.42 bits per heavy atom. The van der Waals surface area contributed by atoms with Crippen molar-refractivity contribution in [3.8, 4) is 6.07 Å². The molecule has 2 saturated heterocycles. The van der Waals surface area contributed by atoms with Gasteiger partial charge in [-0.2, -0.15) is 10.4 Å². The van der Waals surface area contributed by atoms with Crippen LogP contribution in [-0.2, 0) is 4.74 Å². The van der Waals surface area contributed by atoms with Crippen molar-refractivity contribution in [2.45, 2.75) is 31.4 Å². The molecule has 0 bridgehead atoms. The minimum atomic E-state index is -0.511. The number of carbonyl (C=O) groups is 1. The Hall–Kier alpha value is -2.60. The Morgan fingerprint density at radius 3 is 2.96 bits per heavy atom. The predicted octanol–water partition coefficient (Wildman–Crippen LogP) is -0.302. The van der Waals surface area contributed by atoms with E-state index < -0.39 is 11.7 Å². The van der Waals surface area contributed by atoms with E-state index in [0.29, 0.717) is 25.2 Å². The number of aromatic amines is 1. The van der Waals surface area contributed by atoms with Crippen molar-refractivity contribution < 1.29 is 9.53 Å². The fourth-order valence-electron chi connectivity index (χ4n) is 3.10. The van der Waals surface area contributed by atoms with Crippen LogP contribution in [0.4, 0.5) is 10.5 Å². The number of anilines is 1. The Balaban J connectivity index is 1.56. The van der Waals surface area contributed by atoms with Crippen LogP contribution in [0.2, 0.25) is 0 Å². The second-order valence-electron chi connectivity index (χ2n) is 6.00. The highest BCUT2D eigenvalue weighted by molar-refractivity contribution is 5.68. The van der Waals surface area contributed by atoms with E-state index in [4.69, 9.17) is 10.00 Å². The molecule has 3 rings (SSSR count). The minimum absolute atomic E-state index is 0.0322. The van der Waals surface area contributed by atoms with Gasteiger partial charge in [0.1, 0.15) is 17.7 Å². The second-order valence-corrected chi connectivity index (χ2v) is 6.00. The summed E-state index contributed by atoms with van der Waals surface area (Å²) in [5, 5.41) is 21.3. The van der Waals surface area contributed by atoms with Gasteiger partial charge in [-0.25, -0.2) is 9.89 Å². The maximum Gasteiger partial charge on any atom is 0.407 e. The summed E-state index contributed by atoms with van der Waals surface area (Å²) in [4.78, 5) is 25.5. The number of H-pyrrole nitrogens is 1. The third kappa shape index (κ3) is 3.65. The molecule has 1 aromatic heterocycles. The summed E-state index contributed by atoms with van der Waals surface area (Å²) in [6.07, 6.45) is 3.23. The molecule has 3 N–H and O–H groups in total. The number of nitriles is 1. The molecule has 128 valence electrons. The van der Waals surface area contributed by atoms with Crippen LogP contribution in [0.1, 0.15) is 24.8 Å². The van der Waals surface area contributed by atoms with Crippen LogP contribution in [0.3, 0.4) is 0 Å². The molecule has 1 amide bonds. The number of hydrogen-bond donors (Lipinski definition) is 3. The van der Waals surface area contributed by atoms with Crippen LogP contribution >= 0.6 is 0 Å². The van der Waals surface area contributed by atoms with Gasteiger partial charge in [0.15, 0.2) is 0 Å². The summed E-state index contributed by atoms with van der Waals surface area (Å²) < 4.78 is 5.47. The molecular weight excluding hydrogens is 312 g/mol. The summed E-state index contributed by atoms with van der Waals surface area (Å²) >= 11 is 0. The number of rotatable bonds is 3. The van der Waals surface area contributed by atoms with Gasteiger partial charge in [-0.15, -0.1) is 0 Å². The van der Waals surface area contributed by atoms with Gasteiger partial charge in [-0.3, -0.25) is 4.79 Å². The quantitative estimate of drug-likeness (QED) is 0.694. The lowest BCUT2D eigenvalue weighted by atomic mass is 10.1. The van der Waals surface area contributed by atoms with Crippen LogP contribution < -0.4 is 21.1 Å². The molecular formula is C15H20N6O3. The average Bonchev–Trinajstić information content (AvgIpc) is 3.03. The van der Waals surface area contributed by atoms with Crippen molar-refractivity contribution in [3.05, 3.63) is 22.1 Å². The van der Waals surface area contributed by atoms with Gasteiger partial charge >= 0.3 is 6.09 Å². The molecule has 0 aliphatic carbocycles. The first-order chi connectivity index (χ1) is 11.7. The largest absolute Gasteiger partial charge is 0.444 e. The minimum Gasteiger partial charge on any atom is -0.444 e. The average molecular weight is 332 g/mol. The molecule has 24 heavy (non-hydrogen) atoms. The molecule has 1 atom stereocenters. The van der Waals surface area contributed by atoms with Gasteiger partial charge in [-0.1, -0.05) is 0 Å². The van der Waals surface area contributed by atoms with Crippen molar-refractivity contribution in [2.75, 3.05) is 31.1 Å². The van der Waals surface area contributed by atoms with E-state index in [1.807, 2.05) is 11.0 Å². The summed E-state index contributed by atoms with van der Waals surface area (Å²) in [5.41, 5.74) is -0.000982. The van der Waals surface area contributed by atoms with E-state index in [-0.39, 0.29) is 17.7 Å². The number of piperidine rings is 1. The van der Waals surface area contributed by atoms with E-state index in [2.05, 4.69) is 20.8 Å². The number of nitrogens with one attached hydrogen (secondary N) is 3. The lowest BCUT2D eigenvalue weighted by molar-refractivity contribution is 0.103. The van der Waals surface area contributed by atoms with Gasteiger partial charge in [0, 0.05) is 19.0 Å². The Bertz CT molecular complexity index is 691. The van der Waals surface area contributed by atoms with Crippen molar-refractivity contribution in [2.24, 2.45) is 0 Å². The lowest BCUT2D eigenvalue weighted by Gasteiger charge is -2.24. The number of ether oxygens (including phenoxy) is 1. The highest BCUT2D eigenvalue weighted by atomic mass is 16.6. The maximum absolute atomic E-state index is 12.0. The molecule has 9 nitrogen and oxygen atoms in total. The predicted molar refractivity (Wildman–Crippen MR) is 85.7 cm³/mol. The monoisotopic (exact) mass is 332 g/mol. The first-order valence-electron chi connectivity index (χ1n) is 8.08. The second kappa shape index (κ2) is 7.31. The van der Waals surface area contributed by atoms with E-state index in [1.165, 1.54) is 6.20 Å². The van der Waals surface area contributed by atoms with Gasteiger partial charge in [0.25, 0.3) is 5.56 Å². The SMILES string of the molecule is N#Cc1c(N2CC[C@@H](OC(=O)NC3CCNCC3)C2)cn[nH]c1=O. The number of carbonyl (C=O) groups excluding carboxylic acids is 1. The highest BCUT2D eigenvalue weighted by Crippen LogP contribution is 2.22. The number of nitrogens with zero attached hydrogens (tertiary/aromatic N) is 3. The normalized spacial score (nSPS) is 21.3. The maximum atomic E-state index is 12.0. The van der Waals surface area contributed by atoms with Crippen LogP contribution in [0.25, 0.3) is 0 Å². The zero-order chi connectivity index (χ0) is 16.9. The summed E-state index contributed by atoms with van der Waals surface area (Å²) in [5.74, 6) is 0. The fraction of sp³-hybridized carbons (Fsp3) is 0.600. The van der Waals surface area contributed by atoms with Crippen LogP contribution in [0, 0.1) is 11.3 Å². The standard InChI is InChI=1S/C15H20N6O3/c16-7-12-13(8-18-20-14(12)22)21-6-3-11(9-21)24-15(23)19-10-1-4-17-5-2-10/h8,10-11,17H,1-6,9H2,(H,19,23)(H,20,22)/t11-/m1/s1. The highest BCUT2D eigenvalue weighted by Gasteiger charge is 2.29. The zero-order valence-electron chi connectivity index (χ0n) is 13.2. The van der Waals surface area contributed by atoms with Gasteiger partial charge in [0.2, 0.25) is 0 Å². The van der Waals surface area contributed by atoms with Gasteiger partial charge in [0.05, 0.1) is 18.4 Å². The molecule has 1 aromatic rings. The number of aromatic nitrogens is 2. The Morgan fingerprint density at radius 2 is 2.21 bits per heavy atom. The smallest absolute Gasteiger partial charge is 0.407 e. The third-order valence-corrected chi connectivity index (χ3v) is 4.37. The van der Waals surface area contributed by atoms with Crippen molar-refractivity contribution in [1.29, 1.82) is 5.26 Å². The molecule has 2 fully saturated rings. The summed E-state index contributed by atoms with van der Waals surface area (Å²) in [7, 11) is 0. The summed E-state index contributed by atoms with van der Waals surface area (Å²) in [6, 6.07) is 2.05. The van der Waals surface area contributed by atoms with Crippen LogP contribution in [-0.4, -0.2) is 54.6 Å². The first kappa shape index (κ1) is 16.3. The first-order valence-corrected chi connectivity index (χ1v) is 8.08. The van der Waals surface area contributed by atoms with E-state index in [9.17, 15) is 9.59 Å². The van der Waals surface area contributed by atoms with Crippen LogP contribution in [0.15, 0.2) is 11.0 Å². The van der Waals surface area contributed by atoms with E-state index >= 15 is 0 Å². The third-order valence-electron chi connectivity index (χ3n) is 4.37. The molecule has 9 heteroatoms. The molecule has 0 aromatic carbocycles. The Kier molecular flexibility index (Phi) is 4.96. The topological polar surface area (TPSA) is 123 Å². The van der Waals surface area contributed by atoms with E-state index in [1.54, 1.807) is 0 Å².